The maximum absolute atomic E-state index is 12.2. The first-order valence-electron chi connectivity index (χ1n) is 6.98. The van der Waals surface area contributed by atoms with Gasteiger partial charge in [-0.25, -0.2) is 18.1 Å². The zero-order valence-electron chi connectivity index (χ0n) is 12.8. The van der Waals surface area contributed by atoms with E-state index in [-0.39, 0.29) is 11.6 Å². The summed E-state index contributed by atoms with van der Waals surface area (Å²) < 4.78 is 39.5. The molecule has 3 rings (SSSR count). The Bertz CT molecular complexity index is 881. The van der Waals surface area contributed by atoms with E-state index in [1.165, 1.54) is 19.6 Å². The van der Waals surface area contributed by atoms with Crippen molar-refractivity contribution in [1.82, 2.24) is 14.3 Å². The van der Waals surface area contributed by atoms with Gasteiger partial charge < -0.3 is 13.7 Å². The third kappa shape index (κ3) is 3.29. The molecule has 1 N–H and O–H groups in total. The monoisotopic (exact) mass is 335 g/mol. The lowest BCUT2D eigenvalue weighted by atomic mass is 10.2. The summed E-state index contributed by atoms with van der Waals surface area (Å²) in [6, 6.07) is 9.41. The number of fused-ring (bicyclic) bond motifs is 1. The number of aryl methyl sites for hydroxylation is 1. The van der Waals surface area contributed by atoms with Crippen molar-refractivity contribution in [3.05, 3.63) is 48.6 Å². The normalized spacial score (nSPS) is 13.5. The minimum atomic E-state index is -3.69. The molecule has 122 valence electrons. The van der Waals surface area contributed by atoms with Gasteiger partial charge in [0, 0.05) is 32.3 Å². The molecule has 0 fully saturated rings. The number of benzene rings is 1. The van der Waals surface area contributed by atoms with Crippen LogP contribution >= 0.6 is 0 Å². The van der Waals surface area contributed by atoms with Gasteiger partial charge in [-0.1, -0.05) is 18.2 Å². The minimum absolute atomic E-state index is 0.0283. The van der Waals surface area contributed by atoms with E-state index >= 15 is 0 Å². The molecule has 0 aliphatic heterocycles. The summed E-state index contributed by atoms with van der Waals surface area (Å²) in [6.07, 6.45) is 2.34. The van der Waals surface area contributed by atoms with Crippen LogP contribution in [0.25, 0.3) is 11.0 Å². The maximum atomic E-state index is 12.2. The number of sulfonamides is 1. The first-order chi connectivity index (χ1) is 11.0. The molecule has 0 radical (unpaired) electrons. The molecule has 7 nitrogen and oxygen atoms in total. The van der Waals surface area contributed by atoms with Gasteiger partial charge in [-0.2, -0.15) is 0 Å². The Morgan fingerprint density at radius 1 is 1.39 bits per heavy atom. The summed E-state index contributed by atoms with van der Waals surface area (Å²) in [6.45, 7) is 0.0508. The topological polar surface area (TPSA) is 86.4 Å². The number of para-hydroxylation sites is 1. The average molecular weight is 335 g/mol. The fourth-order valence-electron chi connectivity index (χ4n) is 2.25. The highest BCUT2D eigenvalue weighted by atomic mass is 32.2. The molecule has 1 atom stereocenters. The standard InChI is InChI=1S/C15H17N3O4S/c1-18-9-15(16-10-18)23(19,20)17-8-14(21-2)13-7-11-5-3-4-6-12(11)22-13/h3-7,9-10,14,17H,8H2,1-2H3/t14-/m0/s1. The first-order valence-corrected chi connectivity index (χ1v) is 8.47. The number of furan rings is 1. The van der Waals surface area contributed by atoms with E-state index in [2.05, 4.69) is 9.71 Å². The van der Waals surface area contributed by atoms with Crippen LogP contribution in [-0.4, -0.2) is 31.6 Å². The molecule has 23 heavy (non-hydrogen) atoms. The molecule has 0 amide bonds. The van der Waals surface area contributed by atoms with Gasteiger partial charge in [0.05, 0.1) is 6.33 Å². The molecule has 0 saturated carbocycles. The predicted octanol–water partition coefficient (Wildman–Crippen LogP) is 1.83. The molecule has 0 aliphatic rings. The SMILES string of the molecule is CO[C@@H](CNS(=O)(=O)c1cn(C)cn1)c1cc2ccccc2o1. The second kappa shape index (κ2) is 6.15. The van der Waals surface area contributed by atoms with Gasteiger partial charge in [0.1, 0.15) is 17.4 Å². The Hall–Kier alpha value is -2.16. The highest BCUT2D eigenvalue weighted by Gasteiger charge is 2.22. The van der Waals surface area contributed by atoms with E-state index in [0.29, 0.717) is 5.76 Å². The van der Waals surface area contributed by atoms with Crippen LogP contribution in [0.3, 0.4) is 0 Å². The number of imidazole rings is 1. The zero-order valence-corrected chi connectivity index (χ0v) is 13.6. The van der Waals surface area contributed by atoms with E-state index in [1.54, 1.807) is 11.6 Å². The summed E-state index contributed by atoms with van der Waals surface area (Å²) >= 11 is 0. The number of methoxy groups -OCH3 is 1. The summed E-state index contributed by atoms with van der Waals surface area (Å²) in [5.41, 5.74) is 0.733. The number of hydrogen-bond acceptors (Lipinski definition) is 5. The van der Waals surface area contributed by atoms with Crippen molar-refractivity contribution < 1.29 is 17.6 Å². The molecule has 0 saturated heterocycles. The van der Waals surface area contributed by atoms with Crippen LogP contribution in [0.4, 0.5) is 0 Å². The number of nitrogens with zero attached hydrogens (tertiary/aromatic N) is 2. The van der Waals surface area contributed by atoms with Crippen LogP contribution in [0, 0.1) is 0 Å². The number of rotatable bonds is 6. The highest BCUT2D eigenvalue weighted by Crippen LogP contribution is 2.25. The lowest BCUT2D eigenvalue weighted by Crippen LogP contribution is -2.29. The van der Waals surface area contributed by atoms with Gasteiger partial charge in [-0.05, 0) is 12.1 Å². The quantitative estimate of drug-likeness (QED) is 0.743. The van der Waals surface area contributed by atoms with E-state index in [0.717, 1.165) is 11.0 Å². The van der Waals surface area contributed by atoms with Crippen LogP contribution in [0.5, 0.6) is 0 Å². The van der Waals surface area contributed by atoms with Crippen LogP contribution < -0.4 is 4.72 Å². The molecule has 3 aromatic rings. The molecule has 0 bridgehead atoms. The number of hydrogen-bond donors (Lipinski definition) is 1. The Morgan fingerprint density at radius 3 is 2.83 bits per heavy atom. The van der Waals surface area contributed by atoms with Crippen LogP contribution in [0.2, 0.25) is 0 Å². The summed E-state index contributed by atoms with van der Waals surface area (Å²) in [4.78, 5) is 3.85. The number of aromatic nitrogens is 2. The third-order valence-corrected chi connectivity index (χ3v) is 4.77. The molecule has 0 aliphatic carbocycles. The first kappa shape index (κ1) is 15.7. The molecule has 1 aromatic carbocycles. The van der Waals surface area contributed by atoms with Crippen molar-refractivity contribution in [2.24, 2.45) is 7.05 Å². The molecule has 8 heteroatoms. The van der Waals surface area contributed by atoms with Crippen molar-refractivity contribution in [2.75, 3.05) is 13.7 Å². The highest BCUT2D eigenvalue weighted by molar-refractivity contribution is 7.89. The van der Waals surface area contributed by atoms with Crippen molar-refractivity contribution in [3.8, 4) is 0 Å². The van der Waals surface area contributed by atoms with Gasteiger partial charge in [0.2, 0.25) is 0 Å². The fourth-order valence-corrected chi connectivity index (χ4v) is 3.26. The average Bonchev–Trinajstić information content (AvgIpc) is 3.14. The van der Waals surface area contributed by atoms with Gasteiger partial charge in [0.15, 0.2) is 5.03 Å². The van der Waals surface area contributed by atoms with Gasteiger partial charge in [-0.3, -0.25) is 0 Å². The van der Waals surface area contributed by atoms with Gasteiger partial charge in [-0.15, -0.1) is 0 Å². The van der Waals surface area contributed by atoms with Crippen molar-refractivity contribution >= 4 is 21.0 Å². The second-order valence-electron chi connectivity index (χ2n) is 5.14. The van der Waals surface area contributed by atoms with E-state index in [9.17, 15) is 8.42 Å². The Balaban J connectivity index is 1.77. The summed E-state index contributed by atoms with van der Waals surface area (Å²) in [7, 11) is -0.473. The largest absolute Gasteiger partial charge is 0.458 e. The molecular formula is C15H17N3O4S. The number of nitrogens with one attached hydrogen (secondary N) is 1. The maximum Gasteiger partial charge on any atom is 0.259 e. The lowest BCUT2D eigenvalue weighted by molar-refractivity contribution is 0.0893. The van der Waals surface area contributed by atoms with Crippen molar-refractivity contribution in [2.45, 2.75) is 11.1 Å². The van der Waals surface area contributed by atoms with Crippen LogP contribution in [0.1, 0.15) is 11.9 Å². The van der Waals surface area contributed by atoms with Crippen molar-refractivity contribution in [3.63, 3.8) is 0 Å². The second-order valence-corrected chi connectivity index (χ2v) is 6.85. The van der Waals surface area contributed by atoms with E-state index < -0.39 is 16.1 Å². The van der Waals surface area contributed by atoms with Gasteiger partial charge in [0.25, 0.3) is 10.0 Å². The Kier molecular flexibility index (Phi) is 4.20. The predicted molar refractivity (Wildman–Crippen MR) is 84.4 cm³/mol. The Morgan fingerprint density at radius 2 is 2.17 bits per heavy atom. The molecule has 2 heterocycles. The van der Waals surface area contributed by atoms with Crippen LogP contribution in [0.15, 0.2) is 52.3 Å². The van der Waals surface area contributed by atoms with Gasteiger partial charge >= 0.3 is 0 Å². The summed E-state index contributed by atoms with van der Waals surface area (Å²) in [5, 5.41) is 0.914. The lowest BCUT2D eigenvalue weighted by Gasteiger charge is -2.13. The zero-order chi connectivity index (χ0) is 16.4. The third-order valence-electron chi connectivity index (χ3n) is 3.46. The van der Waals surface area contributed by atoms with Crippen molar-refractivity contribution in [1.29, 1.82) is 0 Å². The molecule has 2 aromatic heterocycles. The molecular weight excluding hydrogens is 318 g/mol. The smallest absolute Gasteiger partial charge is 0.259 e. The van der Waals surface area contributed by atoms with E-state index in [4.69, 9.17) is 9.15 Å². The molecule has 0 spiro atoms. The van der Waals surface area contributed by atoms with E-state index in [1.807, 2.05) is 30.3 Å². The summed E-state index contributed by atoms with van der Waals surface area (Å²) in [5.74, 6) is 0.567. The minimum Gasteiger partial charge on any atom is -0.458 e. The Labute approximate surface area is 133 Å². The molecule has 0 unspecified atom stereocenters. The fraction of sp³-hybridized carbons (Fsp3) is 0.267. The van der Waals surface area contributed by atoms with Crippen LogP contribution in [-0.2, 0) is 21.8 Å². The number of ether oxygens (including phenoxy) is 1.